The molecule has 0 fully saturated rings. The van der Waals surface area contributed by atoms with Gasteiger partial charge in [-0.2, -0.15) is 0 Å². The first-order valence-electron chi connectivity index (χ1n) is 11.8. The van der Waals surface area contributed by atoms with E-state index in [1.165, 1.54) is 18.0 Å². The zero-order chi connectivity index (χ0) is 28.7. The van der Waals surface area contributed by atoms with Crippen molar-refractivity contribution in [3.05, 3.63) is 59.9 Å². The Kier molecular flexibility index (Phi) is 9.26. The highest BCUT2D eigenvalue weighted by Gasteiger charge is 2.22. The fraction of sp³-hybridized carbons (Fsp3) is 0.292. The summed E-state index contributed by atoms with van der Waals surface area (Å²) in [5, 5.41) is 24.6. The Bertz CT molecular complexity index is 1590. The van der Waals surface area contributed by atoms with E-state index >= 15 is 0 Å². The molecule has 16 heteroatoms. The topological polar surface area (TPSA) is 198 Å². The van der Waals surface area contributed by atoms with Crippen molar-refractivity contribution in [1.29, 1.82) is 0 Å². The summed E-state index contributed by atoms with van der Waals surface area (Å²) < 4.78 is 40.6. The molecule has 212 valence electrons. The number of nitrogens with one attached hydrogen (secondary N) is 1. The zero-order valence-corrected chi connectivity index (χ0v) is 22.9. The molecule has 0 saturated carbocycles. The van der Waals surface area contributed by atoms with Gasteiger partial charge in [-0.1, -0.05) is 17.3 Å². The molecule has 0 saturated heterocycles. The van der Waals surface area contributed by atoms with E-state index < -0.39 is 27.9 Å². The van der Waals surface area contributed by atoms with Crippen LogP contribution in [0.1, 0.15) is 11.3 Å². The molecule has 0 bridgehead atoms. The summed E-state index contributed by atoms with van der Waals surface area (Å²) in [6.07, 6.45) is 1.72. The van der Waals surface area contributed by atoms with Gasteiger partial charge in [0.15, 0.2) is 0 Å². The van der Waals surface area contributed by atoms with Crippen LogP contribution in [0.5, 0.6) is 11.5 Å². The number of hydrogen-bond donors (Lipinski definition) is 3. The number of carbonyl (C=O) groups excluding carboxylic acids is 2. The van der Waals surface area contributed by atoms with Gasteiger partial charge in [0.1, 0.15) is 43.0 Å². The average Bonchev–Trinajstić information content (AvgIpc) is 3.57. The number of amides is 1. The molecule has 0 radical (unpaired) electrons. The van der Waals surface area contributed by atoms with Crippen LogP contribution in [0.3, 0.4) is 0 Å². The van der Waals surface area contributed by atoms with Gasteiger partial charge >= 0.3 is 5.97 Å². The van der Waals surface area contributed by atoms with Gasteiger partial charge in [0.2, 0.25) is 10.2 Å². The van der Waals surface area contributed by atoms with Crippen LogP contribution in [-0.2, 0) is 43.9 Å². The number of aliphatic hydroxyl groups excluding tert-OH is 1. The van der Waals surface area contributed by atoms with E-state index in [-0.39, 0.29) is 37.1 Å². The number of primary sulfonamides is 1. The van der Waals surface area contributed by atoms with Gasteiger partial charge in [-0.15, -0.1) is 16.4 Å². The Hall–Kier alpha value is -4.12. The molecule has 4 N–H and O–H groups in total. The summed E-state index contributed by atoms with van der Waals surface area (Å²) in [5.74, 6) is -0.0475. The summed E-state index contributed by atoms with van der Waals surface area (Å²) in [5.41, 5.74) is 1.69. The highest BCUT2D eigenvalue weighted by molar-refractivity contribution is 7.91. The van der Waals surface area contributed by atoms with Crippen molar-refractivity contribution < 1.29 is 37.3 Å². The maximum Gasteiger partial charge on any atom is 0.328 e. The van der Waals surface area contributed by atoms with Gasteiger partial charge in [-0.3, -0.25) is 4.79 Å². The van der Waals surface area contributed by atoms with Gasteiger partial charge in [0, 0.05) is 6.42 Å². The van der Waals surface area contributed by atoms with E-state index in [0.717, 1.165) is 16.9 Å². The number of nitrogens with two attached hydrogens (primary N) is 1. The standard InChI is InChI=1S/C24H26N6O8S2/c1-36-23(33)20(10-15-2-4-17(5-3-15)37-9-8-31)26-22(32)13-30-12-16(28-29-30)14-38-18-6-7-19-21(11-18)39-24(27-19)40(25,34)35/h2-7,11-12,20,31H,8-10,13-14H2,1H3,(H,26,32)(H2,25,34,35)/t20-/m0/s1. The van der Waals surface area contributed by atoms with E-state index in [0.29, 0.717) is 27.4 Å². The smallest absolute Gasteiger partial charge is 0.328 e. The van der Waals surface area contributed by atoms with Crippen LogP contribution in [-0.4, -0.2) is 71.7 Å². The molecule has 0 aliphatic carbocycles. The minimum absolute atomic E-state index is 0.0385. The number of aliphatic hydroxyl groups is 1. The zero-order valence-electron chi connectivity index (χ0n) is 21.2. The molecule has 4 rings (SSSR count). The highest BCUT2D eigenvalue weighted by Crippen LogP contribution is 2.28. The number of rotatable bonds is 13. The van der Waals surface area contributed by atoms with Crippen LogP contribution in [0, 0.1) is 0 Å². The molecule has 2 aromatic carbocycles. The lowest BCUT2D eigenvalue weighted by Gasteiger charge is -2.17. The van der Waals surface area contributed by atoms with Crippen LogP contribution in [0.25, 0.3) is 10.2 Å². The average molecular weight is 591 g/mol. The Morgan fingerprint density at radius 2 is 1.90 bits per heavy atom. The van der Waals surface area contributed by atoms with Crippen molar-refractivity contribution in [3.63, 3.8) is 0 Å². The summed E-state index contributed by atoms with van der Waals surface area (Å²) >= 11 is 0.936. The minimum Gasteiger partial charge on any atom is -0.491 e. The van der Waals surface area contributed by atoms with Crippen molar-refractivity contribution in [3.8, 4) is 11.5 Å². The molecule has 2 aromatic heterocycles. The number of hydrogen-bond acceptors (Lipinski definition) is 12. The lowest BCUT2D eigenvalue weighted by molar-refractivity contribution is -0.145. The van der Waals surface area contributed by atoms with Gasteiger partial charge in [0.25, 0.3) is 10.0 Å². The Morgan fingerprint density at radius 3 is 2.60 bits per heavy atom. The second kappa shape index (κ2) is 12.8. The summed E-state index contributed by atoms with van der Waals surface area (Å²) in [6.45, 7) is -0.0913. The first kappa shape index (κ1) is 28.9. The maximum atomic E-state index is 12.7. The van der Waals surface area contributed by atoms with Crippen LogP contribution in [0.15, 0.2) is 53.0 Å². The van der Waals surface area contributed by atoms with Crippen molar-refractivity contribution >= 4 is 43.5 Å². The summed E-state index contributed by atoms with van der Waals surface area (Å²) in [4.78, 5) is 28.9. The summed E-state index contributed by atoms with van der Waals surface area (Å²) in [6, 6.07) is 10.9. The molecule has 0 spiro atoms. The van der Waals surface area contributed by atoms with Crippen LogP contribution >= 0.6 is 11.3 Å². The van der Waals surface area contributed by atoms with Gasteiger partial charge in [0.05, 0.1) is 30.1 Å². The van der Waals surface area contributed by atoms with E-state index in [4.69, 9.17) is 24.5 Å². The van der Waals surface area contributed by atoms with Crippen molar-refractivity contribution in [2.45, 2.75) is 30.0 Å². The molecule has 14 nitrogen and oxygen atoms in total. The van der Waals surface area contributed by atoms with Crippen LogP contribution < -0.4 is 19.9 Å². The van der Waals surface area contributed by atoms with E-state index in [9.17, 15) is 18.0 Å². The molecular formula is C24H26N6O8S2. The SMILES string of the molecule is COC(=O)[C@H](Cc1ccc(OCCO)cc1)NC(=O)Cn1cc(COc2ccc3nc(S(N)(=O)=O)sc3c2)nn1. The number of aromatic nitrogens is 4. The fourth-order valence-electron chi connectivity index (χ4n) is 3.58. The molecular weight excluding hydrogens is 564 g/mol. The van der Waals surface area contributed by atoms with Gasteiger partial charge in [-0.25, -0.2) is 28.0 Å². The Labute approximate surface area is 232 Å². The monoisotopic (exact) mass is 590 g/mol. The number of esters is 1. The van der Waals surface area contributed by atoms with Gasteiger partial charge in [-0.05, 0) is 35.9 Å². The second-order valence-corrected chi connectivity index (χ2v) is 11.2. The number of benzene rings is 2. The Balaban J connectivity index is 1.32. The quantitative estimate of drug-likeness (QED) is 0.182. The lowest BCUT2D eigenvalue weighted by atomic mass is 10.1. The predicted octanol–water partition coefficient (Wildman–Crippen LogP) is 0.386. The fourth-order valence-corrected chi connectivity index (χ4v) is 5.26. The third kappa shape index (κ3) is 7.72. The third-order valence-electron chi connectivity index (χ3n) is 5.41. The Morgan fingerprint density at radius 1 is 1.15 bits per heavy atom. The number of carbonyl (C=O) groups is 2. The normalized spacial score (nSPS) is 12.2. The van der Waals surface area contributed by atoms with Crippen molar-refractivity contribution in [2.24, 2.45) is 5.14 Å². The molecule has 0 aliphatic heterocycles. The highest BCUT2D eigenvalue weighted by atomic mass is 32.2. The van der Waals surface area contributed by atoms with E-state index in [2.05, 4.69) is 20.6 Å². The number of fused-ring (bicyclic) bond motifs is 1. The molecule has 40 heavy (non-hydrogen) atoms. The molecule has 4 aromatic rings. The first-order chi connectivity index (χ1) is 19.1. The van der Waals surface area contributed by atoms with Crippen molar-refractivity contribution in [2.75, 3.05) is 20.3 Å². The number of nitrogens with zero attached hydrogens (tertiary/aromatic N) is 4. The maximum absolute atomic E-state index is 12.7. The van der Waals surface area contributed by atoms with Gasteiger partial charge < -0.3 is 24.6 Å². The van der Waals surface area contributed by atoms with Crippen LogP contribution in [0.4, 0.5) is 0 Å². The van der Waals surface area contributed by atoms with Crippen molar-refractivity contribution in [1.82, 2.24) is 25.3 Å². The second-order valence-electron chi connectivity index (χ2n) is 8.41. The first-order valence-corrected chi connectivity index (χ1v) is 14.2. The number of sulfonamides is 1. The van der Waals surface area contributed by atoms with Crippen LogP contribution in [0.2, 0.25) is 0 Å². The summed E-state index contributed by atoms with van der Waals surface area (Å²) in [7, 11) is -2.66. The molecule has 2 heterocycles. The third-order valence-corrected chi connectivity index (χ3v) is 7.74. The number of methoxy groups -OCH3 is 1. The molecule has 1 atom stereocenters. The van der Waals surface area contributed by atoms with E-state index in [1.807, 2.05) is 0 Å². The molecule has 1 amide bonds. The number of ether oxygens (including phenoxy) is 3. The lowest BCUT2D eigenvalue weighted by Crippen LogP contribution is -2.44. The molecule has 0 aliphatic rings. The van der Waals surface area contributed by atoms with E-state index in [1.54, 1.807) is 42.5 Å². The number of thiazole rings is 1. The largest absolute Gasteiger partial charge is 0.491 e. The predicted molar refractivity (Wildman–Crippen MR) is 142 cm³/mol. The molecule has 0 unspecified atom stereocenters. The minimum atomic E-state index is -3.90.